The Balaban J connectivity index is 1.93. The van der Waals surface area contributed by atoms with Gasteiger partial charge in [-0.05, 0) is 34.1 Å². The quantitative estimate of drug-likeness (QED) is 0.805. The molecule has 0 spiro atoms. The second-order valence-corrected chi connectivity index (χ2v) is 7.59. The second kappa shape index (κ2) is 7.20. The molecule has 0 aliphatic carbocycles. The van der Waals surface area contributed by atoms with Gasteiger partial charge in [0.25, 0.3) is 0 Å². The number of hydrogen-bond acceptors (Lipinski definition) is 4. The summed E-state index contributed by atoms with van der Waals surface area (Å²) in [5.41, 5.74) is 0. The first kappa shape index (κ1) is 16.2. The predicted molar refractivity (Wildman–Crippen MR) is 83.7 cm³/mol. The molecule has 0 amide bonds. The Hall–Kier alpha value is -0.180. The molecule has 1 aromatic carbocycles. The van der Waals surface area contributed by atoms with E-state index < -0.39 is 10.0 Å². The van der Waals surface area contributed by atoms with Crippen molar-refractivity contribution in [2.45, 2.75) is 4.90 Å². The molecule has 1 aliphatic rings. The summed E-state index contributed by atoms with van der Waals surface area (Å²) in [6, 6.07) is 4.64. The third kappa shape index (κ3) is 4.41. The van der Waals surface area contributed by atoms with Gasteiger partial charge in [-0.25, -0.2) is 13.1 Å². The molecule has 0 unspecified atom stereocenters. The lowest BCUT2D eigenvalue weighted by molar-refractivity contribution is 0.245. The van der Waals surface area contributed by atoms with Gasteiger partial charge in [-0.1, -0.05) is 11.6 Å². The van der Waals surface area contributed by atoms with Crippen LogP contribution in [-0.4, -0.2) is 52.6 Å². The van der Waals surface area contributed by atoms with Gasteiger partial charge < -0.3 is 5.32 Å². The highest BCUT2D eigenvalue weighted by Gasteiger charge is 2.18. The molecule has 8 heteroatoms. The largest absolute Gasteiger partial charge is 0.314 e. The highest BCUT2D eigenvalue weighted by Crippen LogP contribution is 2.25. The summed E-state index contributed by atoms with van der Waals surface area (Å²) in [4.78, 5) is 2.44. The first-order chi connectivity index (χ1) is 9.49. The van der Waals surface area contributed by atoms with Gasteiger partial charge in [-0.3, -0.25) is 4.90 Å². The van der Waals surface area contributed by atoms with Crippen LogP contribution in [0.5, 0.6) is 0 Å². The van der Waals surface area contributed by atoms with E-state index in [2.05, 4.69) is 30.9 Å². The van der Waals surface area contributed by atoms with E-state index in [0.717, 1.165) is 26.2 Å². The number of benzene rings is 1. The average molecular weight is 383 g/mol. The molecule has 1 aromatic rings. The van der Waals surface area contributed by atoms with Crippen molar-refractivity contribution in [2.24, 2.45) is 0 Å². The number of piperazine rings is 1. The summed E-state index contributed by atoms with van der Waals surface area (Å²) in [6.07, 6.45) is 0. The summed E-state index contributed by atoms with van der Waals surface area (Å²) in [5.74, 6) is 0. The van der Waals surface area contributed by atoms with Crippen molar-refractivity contribution >= 4 is 37.6 Å². The van der Waals surface area contributed by atoms with Crippen LogP contribution in [0.1, 0.15) is 0 Å². The summed E-state index contributed by atoms with van der Waals surface area (Å²) < 4.78 is 27.5. The number of nitrogens with zero attached hydrogens (tertiary/aromatic N) is 1. The fourth-order valence-corrected chi connectivity index (χ4v) is 4.44. The molecule has 0 aromatic heterocycles. The normalized spacial score (nSPS) is 17.3. The molecular weight excluding hydrogens is 366 g/mol. The van der Waals surface area contributed by atoms with Crippen LogP contribution in [0.15, 0.2) is 27.6 Å². The van der Waals surface area contributed by atoms with Gasteiger partial charge in [0.15, 0.2) is 0 Å². The SMILES string of the molecule is O=S(=O)(NCCN1CCNCC1)c1ccc(Cl)cc1Br. The Labute approximate surface area is 132 Å². The number of sulfonamides is 1. The maximum absolute atomic E-state index is 12.2. The molecule has 0 bridgehead atoms. The van der Waals surface area contributed by atoms with Crippen LogP contribution in [-0.2, 0) is 10.0 Å². The van der Waals surface area contributed by atoms with Gasteiger partial charge >= 0.3 is 0 Å². The zero-order valence-corrected chi connectivity index (χ0v) is 14.1. The predicted octanol–water partition coefficient (Wildman–Crippen LogP) is 1.29. The van der Waals surface area contributed by atoms with Crippen LogP contribution in [0.2, 0.25) is 5.02 Å². The van der Waals surface area contributed by atoms with Crippen molar-refractivity contribution in [1.82, 2.24) is 14.9 Å². The molecule has 1 saturated heterocycles. The smallest absolute Gasteiger partial charge is 0.241 e. The van der Waals surface area contributed by atoms with Gasteiger partial charge in [-0.2, -0.15) is 0 Å². The molecule has 20 heavy (non-hydrogen) atoms. The fraction of sp³-hybridized carbons (Fsp3) is 0.500. The van der Waals surface area contributed by atoms with E-state index >= 15 is 0 Å². The molecule has 5 nitrogen and oxygen atoms in total. The Morgan fingerprint density at radius 2 is 2.05 bits per heavy atom. The van der Waals surface area contributed by atoms with Gasteiger partial charge in [0.1, 0.15) is 0 Å². The topological polar surface area (TPSA) is 61.4 Å². The highest BCUT2D eigenvalue weighted by atomic mass is 79.9. The minimum absolute atomic E-state index is 0.210. The highest BCUT2D eigenvalue weighted by molar-refractivity contribution is 9.10. The standard InChI is InChI=1S/C12H17BrClN3O2S/c13-11-9-10(14)1-2-12(11)20(18,19)16-5-8-17-6-3-15-4-7-17/h1-2,9,15-16H,3-8H2. The maximum atomic E-state index is 12.2. The van der Waals surface area contributed by atoms with Gasteiger partial charge in [0, 0.05) is 48.8 Å². The van der Waals surface area contributed by atoms with Crippen molar-refractivity contribution in [1.29, 1.82) is 0 Å². The monoisotopic (exact) mass is 381 g/mol. The van der Waals surface area contributed by atoms with E-state index in [0.29, 0.717) is 22.6 Å². The van der Waals surface area contributed by atoms with Crippen LogP contribution in [0.4, 0.5) is 0 Å². The summed E-state index contributed by atoms with van der Waals surface area (Å²) in [5, 5.41) is 3.76. The molecule has 2 N–H and O–H groups in total. The number of halogens is 2. The van der Waals surface area contributed by atoms with Gasteiger partial charge in [0.05, 0.1) is 4.90 Å². The lowest BCUT2D eigenvalue weighted by Gasteiger charge is -2.27. The lowest BCUT2D eigenvalue weighted by Crippen LogP contribution is -2.46. The van der Waals surface area contributed by atoms with Crippen LogP contribution in [0.25, 0.3) is 0 Å². The van der Waals surface area contributed by atoms with Crippen LogP contribution in [0, 0.1) is 0 Å². The van der Waals surface area contributed by atoms with E-state index in [1.165, 1.54) is 6.07 Å². The summed E-state index contributed by atoms with van der Waals surface area (Å²) in [7, 11) is -3.51. The third-order valence-corrected chi connectivity index (χ3v) is 5.79. The first-order valence-electron chi connectivity index (χ1n) is 6.37. The molecule has 112 valence electrons. The molecule has 1 heterocycles. The van der Waals surface area contributed by atoms with Gasteiger partial charge in [0.2, 0.25) is 10.0 Å². The fourth-order valence-electron chi connectivity index (χ4n) is 2.04. The Morgan fingerprint density at radius 3 is 2.70 bits per heavy atom. The molecule has 2 rings (SSSR count). The Kier molecular flexibility index (Phi) is 5.83. The van der Waals surface area contributed by atoms with E-state index in [1.54, 1.807) is 12.1 Å². The van der Waals surface area contributed by atoms with E-state index in [-0.39, 0.29) is 4.90 Å². The number of rotatable bonds is 5. The molecular formula is C12H17BrClN3O2S. The van der Waals surface area contributed by atoms with Crippen molar-refractivity contribution < 1.29 is 8.42 Å². The van der Waals surface area contributed by atoms with Crippen molar-refractivity contribution in [2.75, 3.05) is 39.3 Å². The van der Waals surface area contributed by atoms with E-state index in [1.807, 2.05) is 0 Å². The minimum Gasteiger partial charge on any atom is -0.314 e. The Morgan fingerprint density at radius 1 is 1.35 bits per heavy atom. The maximum Gasteiger partial charge on any atom is 0.241 e. The number of nitrogens with one attached hydrogen (secondary N) is 2. The van der Waals surface area contributed by atoms with Crippen LogP contribution < -0.4 is 10.0 Å². The second-order valence-electron chi connectivity index (χ2n) is 4.56. The molecule has 0 atom stereocenters. The minimum atomic E-state index is -3.51. The van der Waals surface area contributed by atoms with Crippen LogP contribution in [0.3, 0.4) is 0 Å². The number of hydrogen-bond donors (Lipinski definition) is 2. The van der Waals surface area contributed by atoms with Crippen LogP contribution >= 0.6 is 27.5 Å². The van der Waals surface area contributed by atoms with E-state index in [4.69, 9.17) is 11.6 Å². The van der Waals surface area contributed by atoms with Crippen molar-refractivity contribution in [3.05, 3.63) is 27.7 Å². The average Bonchev–Trinajstić information content (AvgIpc) is 2.39. The lowest BCUT2D eigenvalue weighted by atomic mass is 10.3. The Bertz CT molecular complexity index is 562. The molecule has 1 aliphatic heterocycles. The molecule has 0 radical (unpaired) electrons. The van der Waals surface area contributed by atoms with E-state index in [9.17, 15) is 8.42 Å². The summed E-state index contributed by atoms with van der Waals surface area (Å²) in [6.45, 7) is 4.92. The zero-order chi connectivity index (χ0) is 14.6. The van der Waals surface area contributed by atoms with Crippen molar-refractivity contribution in [3.8, 4) is 0 Å². The zero-order valence-electron chi connectivity index (χ0n) is 10.9. The summed E-state index contributed by atoms with van der Waals surface area (Å²) >= 11 is 9.04. The van der Waals surface area contributed by atoms with Crippen molar-refractivity contribution in [3.63, 3.8) is 0 Å². The molecule has 0 saturated carbocycles. The third-order valence-electron chi connectivity index (χ3n) is 3.11. The first-order valence-corrected chi connectivity index (χ1v) is 9.02. The van der Waals surface area contributed by atoms with Gasteiger partial charge in [-0.15, -0.1) is 0 Å². The molecule has 1 fully saturated rings.